The van der Waals surface area contributed by atoms with Gasteiger partial charge < -0.3 is 16.6 Å². The Morgan fingerprint density at radius 3 is 2.18 bits per heavy atom. The van der Waals surface area contributed by atoms with Crippen LogP contribution in [-0.2, 0) is 9.59 Å². The van der Waals surface area contributed by atoms with Crippen LogP contribution in [0, 0.1) is 0 Å². The number of nitrogens with two attached hydrogens (primary N) is 2. The van der Waals surface area contributed by atoms with Crippen molar-refractivity contribution in [1.82, 2.24) is 0 Å². The molecule has 2 unspecified atom stereocenters. The molecule has 0 radical (unpaired) electrons. The number of carboxylic acid groups (broad SMARTS) is 1. The summed E-state index contributed by atoms with van der Waals surface area (Å²) < 4.78 is 0. The van der Waals surface area contributed by atoms with Gasteiger partial charge in [-0.25, -0.2) is 0 Å². The number of unbranched alkanes of at least 4 members (excludes halogenated alkanes) is 2. The average molecular weight is 244 g/mol. The van der Waals surface area contributed by atoms with Gasteiger partial charge in [0.05, 0.1) is 6.04 Å². The van der Waals surface area contributed by atoms with E-state index in [1.807, 2.05) is 0 Å². The van der Waals surface area contributed by atoms with Crippen molar-refractivity contribution < 1.29 is 14.7 Å². The summed E-state index contributed by atoms with van der Waals surface area (Å²) in [5, 5.41) is 8.58. The highest BCUT2D eigenvalue weighted by Crippen LogP contribution is 2.07. The van der Waals surface area contributed by atoms with Crippen molar-refractivity contribution in [3.63, 3.8) is 0 Å². The second-order valence-corrected chi connectivity index (χ2v) is 4.41. The second kappa shape index (κ2) is 9.13. The Hall–Kier alpha value is -0.940. The minimum Gasteiger partial charge on any atom is -0.480 e. The number of ketones is 1. The van der Waals surface area contributed by atoms with Gasteiger partial charge in [0.1, 0.15) is 11.8 Å². The summed E-state index contributed by atoms with van der Waals surface area (Å²) in [6.45, 7) is 2.08. The number of rotatable bonds is 10. The Bertz CT molecular complexity index is 244. The predicted octanol–water partition coefficient (Wildman–Crippen LogP) is 1.05. The maximum Gasteiger partial charge on any atom is 0.320 e. The fourth-order valence-corrected chi connectivity index (χ4v) is 1.58. The van der Waals surface area contributed by atoms with Crippen LogP contribution in [0.1, 0.15) is 51.9 Å². The lowest BCUT2D eigenvalue weighted by Crippen LogP contribution is -2.33. The molecule has 0 aliphatic heterocycles. The van der Waals surface area contributed by atoms with Gasteiger partial charge in [0.15, 0.2) is 0 Å². The average Bonchev–Trinajstić information content (AvgIpc) is 2.28. The molecule has 100 valence electrons. The van der Waals surface area contributed by atoms with E-state index in [0.717, 1.165) is 19.3 Å². The van der Waals surface area contributed by atoms with Gasteiger partial charge in [-0.2, -0.15) is 0 Å². The number of carboxylic acids is 1. The molecule has 0 heterocycles. The van der Waals surface area contributed by atoms with E-state index in [9.17, 15) is 9.59 Å². The highest BCUT2D eigenvalue weighted by Gasteiger charge is 2.15. The molecule has 0 saturated heterocycles. The molecule has 0 rings (SSSR count). The molecule has 0 aromatic carbocycles. The first-order valence-corrected chi connectivity index (χ1v) is 6.25. The van der Waals surface area contributed by atoms with E-state index in [-0.39, 0.29) is 5.78 Å². The molecule has 0 aliphatic rings. The van der Waals surface area contributed by atoms with Crippen LogP contribution in [0.5, 0.6) is 0 Å². The summed E-state index contributed by atoms with van der Waals surface area (Å²) in [4.78, 5) is 22.0. The molecule has 2 atom stereocenters. The van der Waals surface area contributed by atoms with Gasteiger partial charge in [0.2, 0.25) is 0 Å². The Labute approximate surface area is 103 Å². The standard InChI is InChI=1S/C12H24N2O3/c1-2-3-4-8-11(15)9(13)6-5-7-10(14)12(16)17/h9-10H,2-8,13-14H2,1H3,(H,16,17). The quantitative estimate of drug-likeness (QED) is 0.498. The van der Waals surface area contributed by atoms with E-state index in [2.05, 4.69) is 6.92 Å². The smallest absolute Gasteiger partial charge is 0.320 e. The first kappa shape index (κ1) is 16.1. The first-order valence-electron chi connectivity index (χ1n) is 6.25. The van der Waals surface area contributed by atoms with Crippen LogP contribution >= 0.6 is 0 Å². The van der Waals surface area contributed by atoms with Crippen molar-refractivity contribution in [2.24, 2.45) is 11.5 Å². The van der Waals surface area contributed by atoms with Crippen LogP contribution in [0.15, 0.2) is 0 Å². The van der Waals surface area contributed by atoms with E-state index in [0.29, 0.717) is 25.7 Å². The van der Waals surface area contributed by atoms with Crippen molar-refractivity contribution in [2.75, 3.05) is 0 Å². The van der Waals surface area contributed by atoms with Gasteiger partial charge >= 0.3 is 5.97 Å². The maximum atomic E-state index is 11.6. The molecule has 0 aromatic rings. The molecule has 5 N–H and O–H groups in total. The normalized spacial score (nSPS) is 14.3. The van der Waals surface area contributed by atoms with Crippen molar-refractivity contribution in [3.05, 3.63) is 0 Å². The van der Waals surface area contributed by atoms with Crippen LogP contribution in [0.2, 0.25) is 0 Å². The van der Waals surface area contributed by atoms with Crippen LogP contribution in [0.4, 0.5) is 0 Å². The largest absolute Gasteiger partial charge is 0.480 e. The van der Waals surface area contributed by atoms with Crippen molar-refractivity contribution in [1.29, 1.82) is 0 Å². The molecule has 5 nitrogen and oxygen atoms in total. The summed E-state index contributed by atoms with van der Waals surface area (Å²) in [5.74, 6) is -0.935. The topological polar surface area (TPSA) is 106 Å². The number of hydrogen-bond acceptors (Lipinski definition) is 4. The molecular weight excluding hydrogens is 220 g/mol. The SMILES string of the molecule is CCCCCC(=O)C(N)CCCC(N)C(=O)O. The predicted molar refractivity (Wildman–Crippen MR) is 66.6 cm³/mol. The zero-order valence-corrected chi connectivity index (χ0v) is 10.5. The summed E-state index contributed by atoms with van der Waals surface area (Å²) in [6.07, 6.45) is 5.00. The second-order valence-electron chi connectivity index (χ2n) is 4.41. The van der Waals surface area contributed by atoms with Gasteiger partial charge in [0, 0.05) is 6.42 Å². The van der Waals surface area contributed by atoms with Crippen molar-refractivity contribution >= 4 is 11.8 Å². The first-order chi connectivity index (χ1) is 7.99. The molecule has 0 fully saturated rings. The van der Waals surface area contributed by atoms with E-state index in [1.165, 1.54) is 0 Å². The molecular formula is C12H24N2O3. The third-order valence-electron chi connectivity index (χ3n) is 2.79. The van der Waals surface area contributed by atoms with E-state index in [4.69, 9.17) is 16.6 Å². The van der Waals surface area contributed by atoms with Gasteiger partial charge in [-0.3, -0.25) is 9.59 Å². The van der Waals surface area contributed by atoms with E-state index >= 15 is 0 Å². The highest BCUT2D eigenvalue weighted by atomic mass is 16.4. The number of hydrogen-bond donors (Lipinski definition) is 3. The van der Waals surface area contributed by atoms with Crippen LogP contribution in [0.25, 0.3) is 0 Å². The van der Waals surface area contributed by atoms with Crippen molar-refractivity contribution in [3.8, 4) is 0 Å². The molecule has 0 spiro atoms. The zero-order chi connectivity index (χ0) is 13.3. The lowest BCUT2D eigenvalue weighted by atomic mass is 10.00. The Morgan fingerprint density at radius 1 is 1.06 bits per heavy atom. The van der Waals surface area contributed by atoms with Crippen LogP contribution in [0.3, 0.4) is 0 Å². The summed E-state index contributed by atoms with van der Waals surface area (Å²) in [6, 6.07) is -1.31. The van der Waals surface area contributed by atoms with Gasteiger partial charge in [-0.15, -0.1) is 0 Å². The van der Waals surface area contributed by atoms with Crippen LogP contribution in [-0.4, -0.2) is 28.9 Å². The van der Waals surface area contributed by atoms with Gasteiger partial charge in [0.25, 0.3) is 0 Å². The number of Topliss-reactive ketones (excluding diaryl/α,β-unsaturated/α-hetero) is 1. The Balaban J connectivity index is 3.67. The minimum atomic E-state index is -1.01. The van der Waals surface area contributed by atoms with Gasteiger partial charge in [-0.1, -0.05) is 19.8 Å². The third-order valence-corrected chi connectivity index (χ3v) is 2.79. The van der Waals surface area contributed by atoms with Crippen LogP contribution < -0.4 is 11.5 Å². The molecule has 0 amide bonds. The zero-order valence-electron chi connectivity index (χ0n) is 10.5. The highest BCUT2D eigenvalue weighted by molar-refractivity contribution is 5.83. The maximum absolute atomic E-state index is 11.6. The summed E-state index contributed by atoms with van der Waals surface area (Å²) in [7, 11) is 0. The molecule has 0 bridgehead atoms. The minimum absolute atomic E-state index is 0.0716. The lowest BCUT2D eigenvalue weighted by molar-refractivity contribution is -0.138. The molecule has 5 heteroatoms. The number of carbonyl (C=O) groups excluding carboxylic acids is 1. The summed E-state index contributed by atoms with van der Waals surface area (Å²) in [5.41, 5.74) is 11.1. The third kappa shape index (κ3) is 7.88. The molecule has 0 aromatic heterocycles. The molecule has 0 aliphatic carbocycles. The molecule has 17 heavy (non-hydrogen) atoms. The van der Waals surface area contributed by atoms with Crippen molar-refractivity contribution in [2.45, 2.75) is 64.0 Å². The van der Waals surface area contributed by atoms with Gasteiger partial charge in [-0.05, 0) is 25.7 Å². The Morgan fingerprint density at radius 2 is 1.65 bits per heavy atom. The number of aliphatic carboxylic acids is 1. The monoisotopic (exact) mass is 244 g/mol. The van der Waals surface area contributed by atoms with E-state index < -0.39 is 18.1 Å². The van der Waals surface area contributed by atoms with E-state index in [1.54, 1.807) is 0 Å². The Kier molecular flexibility index (Phi) is 8.62. The fraction of sp³-hybridized carbons (Fsp3) is 0.833. The lowest BCUT2D eigenvalue weighted by Gasteiger charge is -2.11. The fourth-order valence-electron chi connectivity index (χ4n) is 1.58. The number of carbonyl (C=O) groups is 2. The summed E-state index contributed by atoms with van der Waals surface area (Å²) >= 11 is 0. The molecule has 0 saturated carbocycles.